The SMILES string of the molecule is CC(C)(C)c1ccc(-c2ccc(C(C)(C)C)c(C3C4CC5CC3(OC(=O)C(F)(F)S(=O)(=O)O)CC(C4)C53OCC(COC(=O)C45CC6CC(C4)C4(OCC(F)(F)C(F)(F)CO4)C(C6)C5)O3)c2)cc1. The molecule has 1 N–H and O–H groups in total. The number of carbonyl (C=O) groups is 2. The molecule has 6 unspecified atom stereocenters. The van der Waals surface area contributed by atoms with E-state index in [1.165, 1.54) is 0 Å². The molecule has 10 fully saturated rings. The summed E-state index contributed by atoms with van der Waals surface area (Å²) in [5.74, 6) is -17.7. The first-order valence-corrected chi connectivity index (χ1v) is 25.2. The predicted molar refractivity (Wildman–Crippen MR) is 231 cm³/mol. The Morgan fingerprint density at radius 1 is 0.735 bits per heavy atom. The third-order valence-corrected chi connectivity index (χ3v) is 18.0. The van der Waals surface area contributed by atoms with Gasteiger partial charge in [0.1, 0.15) is 31.5 Å². The van der Waals surface area contributed by atoms with E-state index in [4.69, 9.17) is 28.4 Å². The Kier molecular flexibility index (Phi) is 10.9. The average molecular weight is 983 g/mol. The van der Waals surface area contributed by atoms with Gasteiger partial charge in [0.2, 0.25) is 0 Å². The minimum Gasteiger partial charge on any atom is -0.462 e. The van der Waals surface area contributed by atoms with Crippen LogP contribution in [-0.4, -0.2) is 91.7 Å². The van der Waals surface area contributed by atoms with Crippen molar-refractivity contribution in [3.8, 4) is 11.1 Å². The van der Waals surface area contributed by atoms with Crippen molar-refractivity contribution in [1.29, 1.82) is 0 Å². The number of benzene rings is 2. The number of hydrogen-bond acceptors (Lipinski definition) is 10. The van der Waals surface area contributed by atoms with E-state index >= 15 is 8.78 Å². The molecule has 2 aliphatic heterocycles. The fourth-order valence-corrected chi connectivity index (χ4v) is 14.6. The van der Waals surface area contributed by atoms with Gasteiger partial charge in [-0.15, -0.1) is 0 Å². The Labute approximate surface area is 392 Å². The van der Waals surface area contributed by atoms with E-state index in [1.54, 1.807) is 0 Å². The Morgan fingerprint density at radius 2 is 1.29 bits per heavy atom. The second-order valence-corrected chi connectivity index (χ2v) is 25.0. The van der Waals surface area contributed by atoms with E-state index in [0.29, 0.717) is 32.1 Å². The average Bonchev–Trinajstić information content (AvgIpc) is 3.63. The number of halogens is 6. The zero-order valence-electron chi connectivity index (χ0n) is 39.1. The molecule has 8 bridgehead atoms. The highest BCUT2D eigenvalue weighted by molar-refractivity contribution is 7.87. The lowest BCUT2D eigenvalue weighted by molar-refractivity contribution is -0.346. The van der Waals surface area contributed by atoms with Crippen molar-refractivity contribution >= 4 is 22.1 Å². The zero-order chi connectivity index (χ0) is 49.0. The summed E-state index contributed by atoms with van der Waals surface area (Å²) >= 11 is 0. The number of esters is 2. The summed E-state index contributed by atoms with van der Waals surface area (Å²) in [5.41, 5.74) is 1.39. The molecular weight excluding hydrogens is 923 g/mol. The van der Waals surface area contributed by atoms with Crippen LogP contribution in [0.5, 0.6) is 0 Å². The van der Waals surface area contributed by atoms with Gasteiger partial charge in [-0.3, -0.25) is 9.35 Å². The summed E-state index contributed by atoms with van der Waals surface area (Å²) in [6.07, 6.45) is 1.92. The van der Waals surface area contributed by atoms with E-state index in [2.05, 4.69) is 32.9 Å². The first kappa shape index (κ1) is 48.3. The van der Waals surface area contributed by atoms with Gasteiger partial charge in [0.25, 0.3) is 0 Å². The lowest BCUT2D eigenvalue weighted by Crippen LogP contribution is -2.68. The molecule has 2 aromatic rings. The third kappa shape index (κ3) is 7.39. The van der Waals surface area contributed by atoms with Gasteiger partial charge in [0.05, 0.1) is 12.0 Å². The molecule has 2 saturated heterocycles. The van der Waals surface area contributed by atoms with Gasteiger partial charge >= 0.3 is 39.2 Å². The van der Waals surface area contributed by atoms with Crippen LogP contribution in [-0.2, 0) is 59.0 Å². The van der Waals surface area contributed by atoms with Crippen LogP contribution in [0.2, 0.25) is 0 Å². The van der Waals surface area contributed by atoms with E-state index in [0.717, 1.165) is 27.8 Å². The van der Waals surface area contributed by atoms with Crippen molar-refractivity contribution in [2.24, 2.45) is 40.9 Å². The number of rotatable bonds is 8. The number of hydrogen-bond donors (Lipinski definition) is 1. The molecule has 0 aromatic heterocycles. The Hall–Kier alpha value is -3.29. The minimum atomic E-state index is -6.20. The van der Waals surface area contributed by atoms with Gasteiger partial charge < -0.3 is 28.4 Å². The molecule has 2 heterocycles. The Bertz CT molecular complexity index is 2430. The van der Waals surface area contributed by atoms with Crippen molar-refractivity contribution in [3.63, 3.8) is 0 Å². The fraction of sp³-hybridized carbons (Fsp3) is 0.720. The van der Waals surface area contributed by atoms with Crippen LogP contribution >= 0.6 is 0 Å². The van der Waals surface area contributed by atoms with Gasteiger partial charge in [-0.05, 0) is 108 Å². The smallest absolute Gasteiger partial charge is 0.462 e. The molecule has 0 radical (unpaired) electrons. The molecule has 18 heteroatoms. The Morgan fingerprint density at radius 3 is 1.84 bits per heavy atom. The zero-order valence-corrected chi connectivity index (χ0v) is 39.9. The highest BCUT2D eigenvalue weighted by Crippen LogP contribution is 2.70. The van der Waals surface area contributed by atoms with Gasteiger partial charge in [-0.1, -0.05) is 84.0 Å². The molecule has 11 nitrogen and oxygen atoms in total. The number of ether oxygens (including phenoxy) is 6. The van der Waals surface area contributed by atoms with Gasteiger partial charge in [-0.25, -0.2) is 4.79 Å². The molecule has 6 atom stereocenters. The normalized spacial score (nSPS) is 37.7. The maximum atomic E-state index is 15.2. The first-order chi connectivity index (χ1) is 31.4. The molecule has 8 saturated carbocycles. The molecular formula is C50H60F6O11S. The minimum absolute atomic E-state index is 0.0142. The van der Waals surface area contributed by atoms with Crippen LogP contribution < -0.4 is 0 Å². The molecule has 68 heavy (non-hydrogen) atoms. The highest BCUT2D eigenvalue weighted by atomic mass is 32.2. The molecule has 10 aliphatic rings. The standard InChI is InChI=1S/C50H60F6O11S/c1-42(2,3)31-10-7-28(8-11-31)29-9-12-38(43(4,5)6)37(17-29)39-30-15-34-21-45(39,67-41(58)50(55,56)68(59,60)61)22-35(16-30)49(34)63-24-36(66-49)23-62-40(57)44-18-27-13-32(19-44)48(33(14-27)20-44)64-25-46(51,52)47(53,54)26-65-48/h7-12,17,27,30,32-36,39H,13-16,18-26H2,1-6H3,(H,59,60,61). The van der Waals surface area contributed by atoms with Crippen molar-refractivity contribution in [2.75, 3.05) is 26.4 Å². The topological polar surface area (TPSA) is 144 Å². The maximum absolute atomic E-state index is 15.2. The van der Waals surface area contributed by atoms with Gasteiger partial charge in [-0.2, -0.15) is 34.8 Å². The van der Waals surface area contributed by atoms with Gasteiger partial charge in [0, 0.05) is 29.6 Å². The summed E-state index contributed by atoms with van der Waals surface area (Å²) in [6, 6.07) is 14.2. The lowest BCUT2D eigenvalue weighted by atomic mass is 9.45. The maximum Gasteiger partial charge on any atom is 0.465 e. The van der Waals surface area contributed by atoms with Crippen LogP contribution in [0.1, 0.15) is 122 Å². The second-order valence-electron chi connectivity index (χ2n) is 23.5. The van der Waals surface area contributed by atoms with Crippen LogP contribution in [0.3, 0.4) is 0 Å². The van der Waals surface area contributed by atoms with Crippen LogP contribution in [0, 0.1) is 40.9 Å². The summed E-state index contributed by atoms with van der Waals surface area (Å²) in [4.78, 5) is 27.6. The van der Waals surface area contributed by atoms with Crippen LogP contribution in [0.4, 0.5) is 26.3 Å². The summed E-state index contributed by atoms with van der Waals surface area (Å²) in [7, 11) is -6.20. The molecule has 8 aliphatic carbocycles. The summed E-state index contributed by atoms with van der Waals surface area (Å²) in [6.45, 7) is 9.28. The molecule has 12 rings (SSSR count). The van der Waals surface area contributed by atoms with Crippen LogP contribution in [0.25, 0.3) is 11.1 Å². The predicted octanol–water partition coefficient (Wildman–Crippen LogP) is 9.74. The molecule has 374 valence electrons. The van der Waals surface area contributed by atoms with Crippen molar-refractivity contribution in [2.45, 2.75) is 156 Å². The summed E-state index contributed by atoms with van der Waals surface area (Å²) < 4.78 is 158. The van der Waals surface area contributed by atoms with E-state index in [9.17, 15) is 40.1 Å². The lowest BCUT2D eigenvalue weighted by Gasteiger charge is -2.65. The van der Waals surface area contributed by atoms with E-state index in [-0.39, 0.29) is 56.1 Å². The first-order valence-electron chi connectivity index (χ1n) is 23.8. The third-order valence-electron chi connectivity index (χ3n) is 17.2. The fourth-order valence-electron chi connectivity index (χ4n) is 14.4. The molecule has 2 aromatic carbocycles. The van der Waals surface area contributed by atoms with Crippen molar-refractivity contribution in [3.05, 3.63) is 59.2 Å². The molecule has 2 spiro atoms. The van der Waals surface area contributed by atoms with E-state index in [1.807, 2.05) is 51.1 Å². The second kappa shape index (κ2) is 15.4. The van der Waals surface area contributed by atoms with Crippen molar-refractivity contribution in [1.82, 2.24) is 0 Å². The van der Waals surface area contributed by atoms with Crippen molar-refractivity contribution < 1.29 is 77.3 Å². The van der Waals surface area contributed by atoms with E-state index < -0.39 is 116 Å². The number of alkyl halides is 6. The summed E-state index contributed by atoms with van der Waals surface area (Å²) in [5, 5.41) is -5.24. The van der Waals surface area contributed by atoms with Gasteiger partial charge in [0.15, 0.2) is 11.6 Å². The number of carbonyl (C=O) groups excluding carboxylic acids is 2. The van der Waals surface area contributed by atoms with Crippen LogP contribution in [0.15, 0.2) is 42.5 Å². The Balaban J connectivity index is 0.899. The quantitative estimate of drug-likeness (QED) is 0.153. The molecule has 0 amide bonds. The monoisotopic (exact) mass is 982 g/mol. The highest BCUT2D eigenvalue weighted by Gasteiger charge is 2.73. The largest absolute Gasteiger partial charge is 0.465 e.